The normalized spacial score (nSPS) is 25.1. The average Bonchev–Trinajstić information content (AvgIpc) is 3.91. The van der Waals surface area contributed by atoms with Gasteiger partial charge in [-0.15, -0.1) is 0 Å². The first-order chi connectivity index (χ1) is 26.2. The van der Waals surface area contributed by atoms with Gasteiger partial charge in [0.2, 0.25) is 0 Å². The van der Waals surface area contributed by atoms with Crippen LogP contribution in [0.25, 0.3) is 0 Å². The number of aliphatic carboxylic acids is 1. The highest BCUT2D eigenvalue weighted by Crippen LogP contribution is 2.55. The van der Waals surface area contributed by atoms with Crippen molar-refractivity contribution < 1.29 is 68.2 Å². The first kappa shape index (κ1) is 49.0. The Bertz CT molecular complexity index is 1340. The van der Waals surface area contributed by atoms with Crippen LogP contribution in [0.1, 0.15) is 64.2 Å². The van der Waals surface area contributed by atoms with Crippen LogP contribution in [-0.2, 0) is 43.0 Å². The first-order valence-electron chi connectivity index (χ1n) is 19.1. The van der Waals surface area contributed by atoms with E-state index in [2.05, 4.69) is 16.1 Å². The van der Waals surface area contributed by atoms with E-state index in [0.717, 1.165) is 31.4 Å². The number of methoxy groups -OCH3 is 3. The van der Waals surface area contributed by atoms with E-state index >= 15 is 0 Å². The molecule has 0 aromatic carbocycles. The Morgan fingerprint density at radius 1 is 0.589 bits per heavy atom. The lowest BCUT2D eigenvalue weighted by Crippen LogP contribution is -2.54. The molecule has 0 unspecified atom stereocenters. The van der Waals surface area contributed by atoms with E-state index in [4.69, 9.17) is 9.84 Å². The van der Waals surface area contributed by atoms with E-state index in [1.54, 1.807) is 30.1 Å². The largest absolute Gasteiger partial charge is 0.480 e. The lowest BCUT2D eigenvalue weighted by Gasteiger charge is -2.38. The number of carbonyl (C=O) groups excluding carboxylic acids is 5. The Labute approximate surface area is 331 Å². The fraction of sp³-hybridized carbons (Fsp3) is 0.765. The minimum absolute atomic E-state index is 0.000231. The van der Waals surface area contributed by atoms with E-state index in [9.17, 15) is 48.9 Å². The highest BCUT2D eigenvalue weighted by Gasteiger charge is 2.51. The smallest absolute Gasteiger partial charge is 0.377 e. The van der Waals surface area contributed by atoms with Gasteiger partial charge in [0.25, 0.3) is 0 Å². The predicted octanol–water partition coefficient (Wildman–Crippen LogP) is -0.677. The van der Waals surface area contributed by atoms with Gasteiger partial charge in [-0.2, -0.15) is 0 Å². The van der Waals surface area contributed by atoms with Crippen LogP contribution in [0.5, 0.6) is 0 Å². The van der Waals surface area contributed by atoms with Gasteiger partial charge in [-0.25, -0.2) is 0 Å². The highest BCUT2D eigenvalue weighted by atomic mass is 16.5. The van der Waals surface area contributed by atoms with E-state index in [-0.39, 0.29) is 48.4 Å². The van der Waals surface area contributed by atoms with Gasteiger partial charge in [0, 0.05) is 25.7 Å². The molecular weight excluding hydrogens is 732 g/mol. The third-order valence-electron chi connectivity index (χ3n) is 11.1. The molecule has 5 N–H and O–H groups in total. The molecule has 4 aliphatic heterocycles. The van der Waals surface area contributed by atoms with Crippen LogP contribution < -0.4 is 0 Å². The number of nitrogens with zero attached hydrogens (tertiary/aromatic N) is 4. The van der Waals surface area contributed by atoms with E-state index < -0.39 is 52.2 Å². The topological polar surface area (TPSA) is 244 Å². The quantitative estimate of drug-likeness (QED) is 0.0885. The van der Waals surface area contributed by atoms with Crippen LogP contribution >= 0.6 is 0 Å². The summed E-state index contributed by atoms with van der Waals surface area (Å²) in [6, 6.07) is -2.10. The van der Waals surface area contributed by atoms with Crippen LogP contribution in [0, 0.1) is 5.41 Å². The summed E-state index contributed by atoms with van der Waals surface area (Å²) in [7, 11) is 1.33. The van der Waals surface area contributed by atoms with Gasteiger partial charge >= 0.3 is 52.1 Å². The molecule has 0 aromatic heterocycles. The number of piperidine rings is 4. The van der Waals surface area contributed by atoms with E-state index in [1.165, 1.54) is 45.8 Å². The van der Waals surface area contributed by atoms with Crippen molar-refractivity contribution in [3.05, 3.63) is 12.2 Å². The SMILES string of the molecule is C=C1CCN(B(C)O)[C@@H](C(=O)OC)C1.CB(O)N1CCC(=O)C[C@@H]1C(=O)O.COC(=O)[C@H]1CC(=O)CCN1B(C)O.COC(=O)[C@H]1CC2(CCN1B(C)O)CC2. The summed E-state index contributed by atoms with van der Waals surface area (Å²) in [5.74, 6) is -2.02. The number of rotatable bonds is 8. The molecule has 5 aliphatic rings. The Morgan fingerprint density at radius 2 is 0.946 bits per heavy atom. The Morgan fingerprint density at radius 3 is 1.34 bits per heavy atom. The standard InChI is InChI=1S/C10H18BNO3.C9H16BNO3.C8H14BNO4.C7H12BNO4/c1-11(14)12-6-5-10(3-4-10)7-8(12)9(13)15-2;1-7-4-5-11(10(2)13)8(6-7)9(12)14-3;1-9(13)10-4-3-6(11)5-7(10)8(12)14-2;1-8(13)9-3-2-5(10)4-6(9)7(11)12/h8,14H,3-7H2,1-2H3;8,13H,1,4-6H2,2-3H3;7,13H,3-5H2,1-2H3;6,13H,2-4H2,1H3,(H,11,12)/t2*8-;7-;6-/m1111/s1. The van der Waals surface area contributed by atoms with Crippen molar-refractivity contribution in [2.75, 3.05) is 47.5 Å². The van der Waals surface area contributed by atoms with Crippen molar-refractivity contribution in [2.24, 2.45) is 5.41 Å². The van der Waals surface area contributed by atoms with Crippen molar-refractivity contribution in [1.82, 2.24) is 19.2 Å². The zero-order chi connectivity index (χ0) is 42.5. The van der Waals surface area contributed by atoms with Gasteiger partial charge in [0.15, 0.2) is 0 Å². The molecule has 1 aliphatic carbocycles. The van der Waals surface area contributed by atoms with Crippen molar-refractivity contribution in [2.45, 2.75) is 116 Å². The van der Waals surface area contributed by atoms with Gasteiger partial charge in [-0.05, 0) is 97.4 Å². The minimum atomic E-state index is -1.05. The van der Waals surface area contributed by atoms with Gasteiger partial charge in [-0.1, -0.05) is 12.2 Å². The molecular formula is C34H60B4N4O14. The molecule has 56 heavy (non-hydrogen) atoms. The number of carboxylic acid groups (broad SMARTS) is 1. The zero-order valence-corrected chi connectivity index (χ0v) is 33.9. The van der Waals surface area contributed by atoms with Crippen LogP contribution in [0.4, 0.5) is 0 Å². The highest BCUT2D eigenvalue weighted by molar-refractivity contribution is 6.47. The Balaban J connectivity index is 0.000000258. The summed E-state index contributed by atoms with van der Waals surface area (Å²) >= 11 is 0. The number of hydrogen-bond acceptors (Lipinski definition) is 17. The van der Waals surface area contributed by atoms with Crippen LogP contribution in [-0.4, -0.2) is 180 Å². The lowest BCUT2D eigenvalue weighted by atomic mass is 9.76. The van der Waals surface area contributed by atoms with Crippen molar-refractivity contribution >= 4 is 63.6 Å². The van der Waals surface area contributed by atoms with Crippen LogP contribution in [0.2, 0.25) is 27.3 Å². The number of ether oxygens (including phenoxy) is 3. The monoisotopic (exact) mass is 792 g/mol. The van der Waals surface area contributed by atoms with Crippen LogP contribution in [0.3, 0.4) is 0 Å². The molecule has 5 rings (SSSR count). The molecule has 4 atom stereocenters. The van der Waals surface area contributed by atoms with Gasteiger partial charge in [-0.3, -0.25) is 28.8 Å². The molecule has 4 heterocycles. The third-order valence-corrected chi connectivity index (χ3v) is 11.1. The second-order valence-electron chi connectivity index (χ2n) is 15.1. The predicted molar refractivity (Wildman–Crippen MR) is 209 cm³/mol. The van der Waals surface area contributed by atoms with E-state index in [1.807, 2.05) is 4.81 Å². The molecule has 5 fully saturated rings. The first-order valence-corrected chi connectivity index (χ1v) is 19.1. The molecule has 0 amide bonds. The number of hydrogen-bond donors (Lipinski definition) is 5. The molecule has 0 radical (unpaired) electrons. The maximum absolute atomic E-state index is 11.6. The molecule has 1 spiro atoms. The molecule has 1 saturated carbocycles. The molecule has 312 valence electrons. The van der Waals surface area contributed by atoms with Crippen molar-refractivity contribution in [3.8, 4) is 0 Å². The van der Waals surface area contributed by atoms with Gasteiger partial charge in [0.05, 0.1) is 21.3 Å². The molecule has 0 bridgehead atoms. The number of carbonyl (C=O) groups is 6. The minimum Gasteiger partial charge on any atom is -0.480 e. The number of carboxylic acids is 1. The zero-order valence-electron chi connectivity index (χ0n) is 33.9. The number of esters is 3. The summed E-state index contributed by atoms with van der Waals surface area (Å²) in [6.45, 7) is 12.5. The summed E-state index contributed by atoms with van der Waals surface area (Å²) in [5.41, 5.74) is 1.43. The molecule has 4 saturated heterocycles. The van der Waals surface area contributed by atoms with Crippen molar-refractivity contribution in [3.63, 3.8) is 0 Å². The fourth-order valence-corrected chi connectivity index (χ4v) is 7.49. The Kier molecular flexibility index (Phi) is 19.9. The summed E-state index contributed by atoms with van der Waals surface area (Å²) in [5, 5.41) is 46.5. The second-order valence-corrected chi connectivity index (χ2v) is 15.1. The van der Waals surface area contributed by atoms with Gasteiger partial charge in [0.1, 0.15) is 35.7 Å². The lowest BCUT2D eigenvalue weighted by molar-refractivity contribution is -0.148. The molecule has 18 nitrogen and oxygen atoms in total. The maximum atomic E-state index is 11.6. The second kappa shape index (κ2) is 22.7. The number of Topliss-reactive ketones (excluding diaryl/α,β-unsaturated/α-hetero) is 2. The summed E-state index contributed by atoms with van der Waals surface area (Å²) in [6.07, 6.45) is 6.68. The van der Waals surface area contributed by atoms with Crippen LogP contribution in [0.15, 0.2) is 12.2 Å². The average molecular weight is 792 g/mol. The number of ketones is 2. The maximum Gasteiger partial charge on any atom is 0.377 e. The van der Waals surface area contributed by atoms with E-state index in [0.29, 0.717) is 44.3 Å². The molecule has 0 aromatic rings. The Hall–Kier alpha value is -3.10. The molecule has 22 heteroatoms. The van der Waals surface area contributed by atoms with Gasteiger partial charge < -0.3 is 58.7 Å². The summed E-state index contributed by atoms with van der Waals surface area (Å²) in [4.78, 5) is 73.7. The fourth-order valence-electron chi connectivity index (χ4n) is 7.49. The summed E-state index contributed by atoms with van der Waals surface area (Å²) < 4.78 is 14.1. The van der Waals surface area contributed by atoms with Crippen molar-refractivity contribution in [1.29, 1.82) is 0 Å². The third kappa shape index (κ3) is 14.4.